The normalized spacial score (nSPS) is 15.7. The number of aromatic nitrogens is 1. The number of fused-ring (bicyclic) bond motifs is 2. The molecule has 33 heavy (non-hydrogen) atoms. The van der Waals surface area contributed by atoms with E-state index in [0.29, 0.717) is 11.5 Å². The predicted octanol–water partition coefficient (Wildman–Crippen LogP) is 5.80. The first-order valence-corrected chi connectivity index (χ1v) is 11.6. The van der Waals surface area contributed by atoms with Crippen LogP contribution in [0.4, 0.5) is 5.69 Å². The van der Waals surface area contributed by atoms with Crippen LogP contribution >= 0.6 is 0 Å². The van der Waals surface area contributed by atoms with Crippen LogP contribution < -0.4 is 5.32 Å². The predicted molar refractivity (Wildman–Crippen MR) is 132 cm³/mol. The Morgan fingerprint density at radius 3 is 2.61 bits per heavy atom. The van der Waals surface area contributed by atoms with Crippen LogP contribution in [0, 0.1) is 25.2 Å². The number of hydrogen-bond acceptors (Lipinski definition) is 4. The van der Waals surface area contributed by atoms with Crippen LogP contribution in [0.3, 0.4) is 0 Å². The number of amides is 1. The summed E-state index contributed by atoms with van der Waals surface area (Å²) in [5.74, 6) is -0.362. The number of hydrogen-bond donors (Lipinski definition) is 1. The molecule has 1 amide bonds. The van der Waals surface area contributed by atoms with Crippen molar-refractivity contribution in [1.29, 1.82) is 0 Å². The van der Waals surface area contributed by atoms with E-state index in [9.17, 15) is 9.59 Å². The van der Waals surface area contributed by atoms with Gasteiger partial charge in [-0.3, -0.25) is 9.78 Å². The van der Waals surface area contributed by atoms with Gasteiger partial charge in [-0.2, -0.15) is 0 Å². The Labute approximate surface area is 195 Å². The number of nitrogens with one attached hydrogen (secondary N) is 1. The summed E-state index contributed by atoms with van der Waals surface area (Å²) in [6.07, 6.45) is 2.68. The van der Waals surface area contributed by atoms with Crippen molar-refractivity contribution >= 4 is 28.5 Å². The van der Waals surface area contributed by atoms with E-state index in [1.54, 1.807) is 0 Å². The molecule has 1 aliphatic carbocycles. The van der Waals surface area contributed by atoms with Crippen molar-refractivity contribution in [2.75, 3.05) is 11.9 Å². The summed E-state index contributed by atoms with van der Waals surface area (Å²) in [5, 5.41) is 3.64. The number of carbonyl (C=O) groups is 2. The number of benzene rings is 2. The third-order valence-corrected chi connectivity index (χ3v) is 6.90. The Bertz CT molecular complexity index is 1220. The first kappa shape index (κ1) is 23.0. The lowest BCUT2D eigenvalue weighted by Gasteiger charge is -2.35. The fourth-order valence-corrected chi connectivity index (χ4v) is 4.64. The molecule has 1 unspecified atom stereocenters. The zero-order chi connectivity index (χ0) is 23.8. The number of nitrogens with zero attached hydrogens (tertiary/aromatic N) is 1. The standard InChI is InChI=1S/C28H32N2O3/c1-17-9-8-12-22(18(17)2)30-25(31)16-33-27(32)26-20-10-6-7-11-23(20)29-24-14-13-19(15-21(24)26)28(3,4)5/h6-12,19H,13-16H2,1-5H3,(H,30,31). The molecule has 0 aliphatic heterocycles. The fourth-order valence-electron chi connectivity index (χ4n) is 4.64. The average molecular weight is 445 g/mol. The number of anilines is 1. The molecule has 1 aliphatic rings. The molecule has 5 nitrogen and oxygen atoms in total. The topological polar surface area (TPSA) is 68.3 Å². The van der Waals surface area contributed by atoms with Gasteiger partial charge < -0.3 is 10.1 Å². The van der Waals surface area contributed by atoms with Gasteiger partial charge in [0, 0.05) is 16.8 Å². The van der Waals surface area contributed by atoms with Gasteiger partial charge in [-0.25, -0.2) is 4.79 Å². The van der Waals surface area contributed by atoms with Gasteiger partial charge in [-0.05, 0) is 73.3 Å². The Morgan fingerprint density at radius 1 is 1.09 bits per heavy atom. The monoisotopic (exact) mass is 444 g/mol. The van der Waals surface area contributed by atoms with Crippen LogP contribution in [0.1, 0.15) is 59.9 Å². The van der Waals surface area contributed by atoms with E-state index in [1.165, 1.54) is 0 Å². The Morgan fingerprint density at radius 2 is 1.85 bits per heavy atom. The van der Waals surface area contributed by atoms with Crippen molar-refractivity contribution in [1.82, 2.24) is 4.98 Å². The smallest absolute Gasteiger partial charge is 0.339 e. The minimum absolute atomic E-state index is 0.135. The van der Waals surface area contributed by atoms with Crippen LogP contribution in [0.5, 0.6) is 0 Å². The van der Waals surface area contributed by atoms with Gasteiger partial charge in [0.2, 0.25) is 0 Å². The first-order valence-electron chi connectivity index (χ1n) is 11.6. The highest BCUT2D eigenvalue weighted by molar-refractivity contribution is 6.06. The highest BCUT2D eigenvalue weighted by Crippen LogP contribution is 2.39. The molecule has 0 saturated carbocycles. The number of aryl methyl sites for hydroxylation is 2. The molecule has 0 fully saturated rings. The van der Waals surface area contributed by atoms with E-state index in [1.807, 2.05) is 56.3 Å². The van der Waals surface area contributed by atoms with Gasteiger partial charge in [0.25, 0.3) is 5.91 Å². The van der Waals surface area contributed by atoms with Crippen molar-refractivity contribution in [3.8, 4) is 0 Å². The second kappa shape index (κ2) is 8.97. The van der Waals surface area contributed by atoms with Gasteiger partial charge >= 0.3 is 5.97 Å². The molecule has 1 N–H and O–H groups in total. The number of carbonyl (C=O) groups excluding carboxylic acids is 2. The van der Waals surface area contributed by atoms with E-state index in [-0.39, 0.29) is 17.9 Å². The van der Waals surface area contributed by atoms with Gasteiger partial charge in [0.1, 0.15) is 0 Å². The minimum Gasteiger partial charge on any atom is -0.452 e. The Balaban J connectivity index is 1.60. The van der Waals surface area contributed by atoms with Crippen molar-refractivity contribution in [2.45, 2.75) is 53.9 Å². The largest absolute Gasteiger partial charge is 0.452 e. The number of rotatable bonds is 4. The third-order valence-electron chi connectivity index (χ3n) is 6.90. The van der Waals surface area contributed by atoms with Gasteiger partial charge in [0.05, 0.1) is 11.1 Å². The number of ether oxygens (including phenoxy) is 1. The summed E-state index contributed by atoms with van der Waals surface area (Å²) < 4.78 is 5.55. The molecule has 172 valence electrons. The molecule has 1 heterocycles. The Hall–Kier alpha value is -3.21. The molecule has 2 aromatic carbocycles. The molecule has 3 aromatic rings. The third kappa shape index (κ3) is 4.77. The molecule has 1 aromatic heterocycles. The zero-order valence-corrected chi connectivity index (χ0v) is 20.1. The van der Waals surface area contributed by atoms with Crippen LogP contribution in [-0.2, 0) is 22.4 Å². The van der Waals surface area contributed by atoms with Crippen molar-refractivity contribution in [2.24, 2.45) is 11.3 Å². The quantitative estimate of drug-likeness (QED) is 0.517. The van der Waals surface area contributed by atoms with Gasteiger partial charge in [0.15, 0.2) is 6.61 Å². The van der Waals surface area contributed by atoms with E-state index >= 15 is 0 Å². The SMILES string of the molecule is Cc1cccc(NC(=O)COC(=O)c2c3c(nc4ccccc24)CCC(C(C)(C)C)C3)c1C. The molecular weight excluding hydrogens is 412 g/mol. The van der Waals surface area contributed by atoms with E-state index < -0.39 is 5.97 Å². The number of esters is 1. The van der Waals surface area contributed by atoms with Crippen molar-refractivity contribution in [3.05, 3.63) is 70.4 Å². The molecule has 0 spiro atoms. The average Bonchev–Trinajstić information content (AvgIpc) is 2.78. The van der Waals surface area contributed by atoms with Gasteiger partial charge in [-0.1, -0.05) is 51.1 Å². The van der Waals surface area contributed by atoms with Crippen LogP contribution in [-0.4, -0.2) is 23.5 Å². The summed E-state index contributed by atoms with van der Waals surface area (Å²) in [6.45, 7) is 10.3. The Kier molecular flexibility index (Phi) is 6.24. The minimum atomic E-state index is -0.462. The highest BCUT2D eigenvalue weighted by Gasteiger charge is 2.33. The molecule has 0 bridgehead atoms. The summed E-state index contributed by atoms with van der Waals surface area (Å²) in [4.78, 5) is 30.7. The number of pyridine rings is 1. The lowest BCUT2D eigenvalue weighted by molar-refractivity contribution is -0.119. The molecule has 1 atom stereocenters. The summed E-state index contributed by atoms with van der Waals surface area (Å²) >= 11 is 0. The lowest BCUT2D eigenvalue weighted by atomic mass is 9.70. The molecule has 0 saturated heterocycles. The molecule has 4 rings (SSSR count). The maximum Gasteiger partial charge on any atom is 0.339 e. The zero-order valence-electron chi connectivity index (χ0n) is 20.1. The first-order chi connectivity index (χ1) is 15.6. The van der Waals surface area contributed by atoms with Crippen molar-refractivity contribution < 1.29 is 14.3 Å². The number of para-hydroxylation sites is 1. The van der Waals surface area contributed by atoms with E-state index in [0.717, 1.165) is 58.2 Å². The second-order valence-corrected chi connectivity index (χ2v) is 10.1. The van der Waals surface area contributed by atoms with Gasteiger partial charge in [-0.15, -0.1) is 0 Å². The molecular formula is C28H32N2O3. The lowest BCUT2D eigenvalue weighted by Crippen LogP contribution is -2.29. The van der Waals surface area contributed by atoms with E-state index in [4.69, 9.17) is 9.72 Å². The second-order valence-electron chi connectivity index (χ2n) is 10.1. The summed E-state index contributed by atoms with van der Waals surface area (Å²) in [5.41, 5.74) is 6.25. The summed E-state index contributed by atoms with van der Waals surface area (Å²) in [6, 6.07) is 13.4. The van der Waals surface area contributed by atoms with Crippen molar-refractivity contribution in [3.63, 3.8) is 0 Å². The van der Waals surface area contributed by atoms with Crippen LogP contribution in [0.2, 0.25) is 0 Å². The highest BCUT2D eigenvalue weighted by atomic mass is 16.5. The van der Waals surface area contributed by atoms with Crippen LogP contribution in [0.15, 0.2) is 42.5 Å². The maximum atomic E-state index is 13.3. The maximum absolute atomic E-state index is 13.3. The summed E-state index contributed by atoms with van der Waals surface area (Å²) in [7, 11) is 0. The van der Waals surface area contributed by atoms with E-state index in [2.05, 4.69) is 26.1 Å². The molecule has 0 radical (unpaired) electrons. The fraction of sp³-hybridized carbons (Fsp3) is 0.393. The van der Waals surface area contributed by atoms with Crippen LogP contribution in [0.25, 0.3) is 10.9 Å². The molecule has 5 heteroatoms.